The molecule has 4 heteroatoms. The fourth-order valence-corrected chi connectivity index (χ4v) is 3.41. The molecule has 0 unspecified atom stereocenters. The summed E-state index contributed by atoms with van der Waals surface area (Å²) in [7, 11) is 4.34. The summed E-state index contributed by atoms with van der Waals surface area (Å²) in [6.45, 7) is 2.18. The van der Waals surface area contributed by atoms with Crippen LogP contribution in [0.15, 0.2) is 18.3 Å². The van der Waals surface area contributed by atoms with Gasteiger partial charge in [-0.15, -0.1) is 0 Å². The Morgan fingerprint density at radius 2 is 2.19 bits per heavy atom. The maximum absolute atomic E-state index is 6.37. The van der Waals surface area contributed by atoms with Gasteiger partial charge in [0, 0.05) is 17.0 Å². The molecular weight excluding hydrogens is 262 g/mol. The second-order valence-electron chi connectivity index (χ2n) is 6.25. The number of rotatable bonds is 4. The number of aromatic nitrogens is 2. The number of hydrogen-bond donors (Lipinski definition) is 1. The molecule has 21 heavy (non-hydrogen) atoms. The molecule has 1 heterocycles. The molecule has 0 amide bonds. The topological polar surface area (TPSA) is 41.1 Å². The average Bonchev–Trinajstić information content (AvgIpc) is 2.96. The first-order valence-electron chi connectivity index (χ1n) is 7.97. The molecule has 2 atom stereocenters. The van der Waals surface area contributed by atoms with Gasteiger partial charge in [-0.3, -0.25) is 5.10 Å². The van der Waals surface area contributed by atoms with Gasteiger partial charge in [0.2, 0.25) is 0 Å². The van der Waals surface area contributed by atoms with Crippen molar-refractivity contribution >= 4 is 10.9 Å². The SMILES string of the molecule is CCc1c(O[C@H]2CCC[C@@H](N(C)C)C2)ccc2[nH]ncc12. The van der Waals surface area contributed by atoms with E-state index in [0.29, 0.717) is 12.1 Å². The van der Waals surface area contributed by atoms with Gasteiger partial charge in [-0.2, -0.15) is 5.10 Å². The number of aromatic amines is 1. The highest BCUT2D eigenvalue weighted by Gasteiger charge is 2.25. The number of benzene rings is 1. The second kappa shape index (κ2) is 6.06. The second-order valence-corrected chi connectivity index (χ2v) is 6.25. The van der Waals surface area contributed by atoms with E-state index in [0.717, 1.165) is 30.5 Å². The monoisotopic (exact) mass is 287 g/mol. The Labute approximate surface area is 126 Å². The van der Waals surface area contributed by atoms with E-state index in [4.69, 9.17) is 4.74 Å². The van der Waals surface area contributed by atoms with Crippen LogP contribution in [0.5, 0.6) is 5.75 Å². The minimum Gasteiger partial charge on any atom is -0.490 e. The number of ether oxygens (including phenoxy) is 1. The maximum atomic E-state index is 6.37. The highest BCUT2D eigenvalue weighted by molar-refractivity contribution is 5.84. The van der Waals surface area contributed by atoms with Crippen LogP contribution in [-0.4, -0.2) is 41.3 Å². The normalized spacial score (nSPS) is 22.9. The van der Waals surface area contributed by atoms with Crippen LogP contribution in [0.4, 0.5) is 0 Å². The zero-order chi connectivity index (χ0) is 14.8. The van der Waals surface area contributed by atoms with Crippen molar-refractivity contribution < 1.29 is 4.74 Å². The highest BCUT2D eigenvalue weighted by atomic mass is 16.5. The molecule has 1 fully saturated rings. The first-order valence-corrected chi connectivity index (χ1v) is 7.97. The summed E-state index contributed by atoms with van der Waals surface area (Å²) in [5, 5.41) is 8.37. The molecule has 3 rings (SSSR count). The Balaban J connectivity index is 1.81. The molecule has 114 valence electrons. The first-order chi connectivity index (χ1) is 10.2. The van der Waals surface area contributed by atoms with E-state index < -0.39 is 0 Å². The van der Waals surface area contributed by atoms with E-state index in [-0.39, 0.29) is 0 Å². The van der Waals surface area contributed by atoms with Crippen molar-refractivity contribution in [2.24, 2.45) is 0 Å². The lowest BCUT2D eigenvalue weighted by Crippen LogP contribution is -2.37. The van der Waals surface area contributed by atoms with Crippen LogP contribution < -0.4 is 4.74 Å². The standard InChI is InChI=1S/C17H25N3O/c1-4-14-15-11-18-19-16(15)8-9-17(14)21-13-7-5-6-12(10-13)20(2)3/h8-9,11-13H,4-7,10H2,1-3H3,(H,18,19)/t12-,13+/m1/s1. The molecule has 0 aliphatic heterocycles. The van der Waals surface area contributed by atoms with Crippen molar-refractivity contribution in [1.82, 2.24) is 15.1 Å². The van der Waals surface area contributed by atoms with Gasteiger partial charge in [-0.1, -0.05) is 6.92 Å². The van der Waals surface area contributed by atoms with Gasteiger partial charge >= 0.3 is 0 Å². The number of H-pyrrole nitrogens is 1. The van der Waals surface area contributed by atoms with Crippen LogP contribution >= 0.6 is 0 Å². The number of nitrogens with one attached hydrogen (secondary N) is 1. The molecule has 0 bridgehead atoms. The molecule has 2 aromatic rings. The Kier molecular flexibility index (Phi) is 4.15. The molecular formula is C17H25N3O. The van der Waals surface area contributed by atoms with Crippen molar-refractivity contribution in [3.8, 4) is 5.75 Å². The number of hydrogen-bond acceptors (Lipinski definition) is 3. The third-order valence-electron chi connectivity index (χ3n) is 4.67. The summed E-state index contributed by atoms with van der Waals surface area (Å²) in [5.41, 5.74) is 2.36. The smallest absolute Gasteiger partial charge is 0.123 e. The van der Waals surface area contributed by atoms with Gasteiger partial charge in [0.1, 0.15) is 11.9 Å². The van der Waals surface area contributed by atoms with Gasteiger partial charge in [0.05, 0.1) is 11.7 Å². The number of nitrogens with zero attached hydrogens (tertiary/aromatic N) is 2. The predicted molar refractivity (Wildman–Crippen MR) is 85.8 cm³/mol. The minimum absolute atomic E-state index is 0.334. The lowest BCUT2D eigenvalue weighted by Gasteiger charge is -2.33. The summed E-state index contributed by atoms with van der Waals surface area (Å²) in [6, 6.07) is 4.81. The molecule has 0 spiro atoms. The molecule has 1 saturated carbocycles. The molecule has 1 N–H and O–H groups in total. The lowest BCUT2D eigenvalue weighted by molar-refractivity contribution is 0.0997. The molecule has 1 aliphatic carbocycles. The third-order valence-corrected chi connectivity index (χ3v) is 4.67. The van der Waals surface area contributed by atoms with Crippen LogP contribution in [0.1, 0.15) is 38.2 Å². The fraction of sp³-hybridized carbons (Fsp3) is 0.588. The van der Waals surface area contributed by atoms with E-state index >= 15 is 0 Å². The van der Waals surface area contributed by atoms with Crippen LogP contribution in [-0.2, 0) is 6.42 Å². The van der Waals surface area contributed by atoms with E-state index in [1.165, 1.54) is 23.8 Å². The van der Waals surface area contributed by atoms with Gasteiger partial charge in [-0.25, -0.2) is 0 Å². The Bertz CT molecular complexity index is 605. The van der Waals surface area contributed by atoms with Crippen molar-refractivity contribution in [1.29, 1.82) is 0 Å². The van der Waals surface area contributed by atoms with Crippen molar-refractivity contribution in [2.45, 2.75) is 51.2 Å². The molecule has 0 radical (unpaired) electrons. The lowest BCUT2D eigenvalue weighted by atomic mass is 9.92. The van der Waals surface area contributed by atoms with Gasteiger partial charge in [0.15, 0.2) is 0 Å². The highest BCUT2D eigenvalue weighted by Crippen LogP contribution is 2.31. The average molecular weight is 287 g/mol. The summed E-state index contributed by atoms with van der Waals surface area (Å²) in [6.07, 6.45) is 8.04. The minimum atomic E-state index is 0.334. The van der Waals surface area contributed by atoms with Crippen LogP contribution in [0.3, 0.4) is 0 Å². The van der Waals surface area contributed by atoms with Crippen molar-refractivity contribution in [3.63, 3.8) is 0 Å². The first kappa shape index (κ1) is 14.4. The summed E-state index contributed by atoms with van der Waals surface area (Å²) in [4.78, 5) is 2.33. The van der Waals surface area contributed by atoms with E-state index in [2.05, 4.69) is 48.2 Å². The summed E-state index contributed by atoms with van der Waals surface area (Å²) >= 11 is 0. The van der Waals surface area contributed by atoms with E-state index in [9.17, 15) is 0 Å². The van der Waals surface area contributed by atoms with Gasteiger partial charge < -0.3 is 9.64 Å². The predicted octanol–water partition coefficient (Wildman–Crippen LogP) is 3.38. The van der Waals surface area contributed by atoms with Gasteiger partial charge in [0.25, 0.3) is 0 Å². The zero-order valence-corrected chi connectivity index (χ0v) is 13.2. The molecule has 1 aromatic carbocycles. The van der Waals surface area contributed by atoms with Crippen molar-refractivity contribution in [3.05, 3.63) is 23.9 Å². The van der Waals surface area contributed by atoms with Gasteiger partial charge in [-0.05, 0) is 58.3 Å². The number of aryl methyl sites for hydroxylation is 1. The molecule has 1 aliphatic rings. The van der Waals surface area contributed by atoms with Crippen molar-refractivity contribution in [2.75, 3.05) is 14.1 Å². The Hall–Kier alpha value is -1.55. The maximum Gasteiger partial charge on any atom is 0.123 e. The Morgan fingerprint density at radius 1 is 1.33 bits per heavy atom. The Morgan fingerprint density at radius 3 is 2.95 bits per heavy atom. The molecule has 4 nitrogen and oxygen atoms in total. The third kappa shape index (κ3) is 2.91. The zero-order valence-electron chi connectivity index (χ0n) is 13.2. The van der Waals surface area contributed by atoms with Crippen LogP contribution in [0.25, 0.3) is 10.9 Å². The van der Waals surface area contributed by atoms with E-state index in [1.54, 1.807) is 0 Å². The fourth-order valence-electron chi connectivity index (χ4n) is 3.41. The molecule has 0 saturated heterocycles. The van der Waals surface area contributed by atoms with Crippen LogP contribution in [0.2, 0.25) is 0 Å². The van der Waals surface area contributed by atoms with Crippen LogP contribution in [0, 0.1) is 0 Å². The quantitative estimate of drug-likeness (QED) is 0.937. The molecule has 1 aromatic heterocycles. The summed E-state index contributed by atoms with van der Waals surface area (Å²) in [5.74, 6) is 1.04. The number of fused-ring (bicyclic) bond motifs is 1. The summed E-state index contributed by atoms with van der Waals surface area (Å²) < 4.78 is 6.37. The largest absolute Gasteiger partial charge is 0.490 e. The van der Waals surface area contributed by atoms with E-state index in [1.807, 2.05) is 6.20 Å².